The van der Waals surface area contributed by atoms with Gasteiger partial charge in [0.1, 0.15) is 18.1 Å². The number of hydrogen-bond acceptors (Lipinski definition) is 8. The van der Waals surface area contributed by atoms with Gasteiger partial charge in [-0.15, -0.1) is 0 Å². The van der Waals surface area contributed by atoms with Gasteiger partial charge in [0, 0.05) is 18.3 Å². The number of rotatable bonds is 17. The summed E-state index contributed by atoms with van der Waals surface area (Å²) < 4.78 is 0. The number of aromatic nitrogens is 2. The molecule has 1 heterocycles. The van der Waals surface area contributed by atoms with Crippen LogP contribution in [0.3, 0.4) is 0 Å². The van der Waals surface area contributed by atoms with Crippen molar-refractivity contribution in [2.45, 2.75) is 76.0 Å². The Morgan fingerprint density at radius 1 is 0.941 bits per heavy atom. The van der Waals surface area contributed by atoms with E-state index in [1.165, 1.54) is 19.4 Å². The molecule has 0 bridgehead atoms. The Balaban J connectivity index is 2.79. The Bertz CT molecular complexity index is 773. The minimum Gasteiger partial charge on any atom is -0.480 e. The lowest BCUT2D eigenvalue weighted by molar-refractivity contribution is -0.142. The molecule has 13 heteroatoms. The Hall–Kier alpha value is -3.03. The molecule has 0 aliphatic carbocycles. The first-order valence-electron chi connectivity index (χ1n) is 11.5. The maximum Gasteiger partial charge on any atom is 0.326 e. The molecule has 4 unspecified atom stereocenters. The van der Waals surface area contributed by atoms with E-state index in [1.54, 1.807) is 0 Å². The minimum absolute atomic E-state index is 0.0476. The Kier molecular flexibility index (Phi) is 13.4. The van der Waals surface area contributed by atoms with Crippen LogP contribution in [0.5, 0.6) is 0 Å². The Morgan fingerprint density at radius 2 is 1.56 bits per heavy atom. The number of aromatic amines is 1. The molecule has 0 aromatic carbocycles. The topological polar surface area (TPSA) is 231 Å². The maximum atomic E-state index is 12.9. The molecular formula is C21H38N8O5. The van der Waals surface area contributed by atoms with E-state index in [9.17, 15) is 24.3 Å². The number of hydrogen-bond donors (Lipinski definition) is 8. The summed E-state index contributed by atoms with van der Waals surface area (Å²) in [6.45, 7) is 2.39. The number of carbonyl (C=O) groups is 4. The molecule has 0 radical (unpaired) electrons. The van der Waals surface area contributed by atoms with Crippen molar-refractivity contribution in [3.05, 3.63) is 18.2 Å². The van der Waals surface area contributed by atoms with Crippen molar-refractivity contribution in [2.24, 2.45) is 17.2 Å². The first-order valence-corrected chi connectivity index (χ1v) is 11.5. The van der Waals surface area contributed by atoms with Crippen molar-refractivity contribution in [3.63, 3.8) is 0 Å². The summed E-state index contributed by atoms with van der Waals surface area (Å²) in [5.41, 5.74) is 17.3. The molecule has 0 aliphatic rings. The average molecular weight is 483 g/mol. The smallest absolute Gasteiger partial charge is 0.326 e. The van der Waals surface area contributed by atoms with E-state index in [2.05, 4.69) is 25.9 Å². The van der Waals surface area contributed by atoms with Crippen molar-refractivity contribution in [1.82, 2.24) is 25.9 Å². The molecule has 0 fully saturated rings. The lowest BCUT2D eigenvalue weighted by Crippen LogP contribution is -2.57. The van der Waals surface area contributed by atoms with Crippen LogP contribution in [0.25, 0.3) is 0 Å². The predicted molar refractivity (Wildman–Crippen MR) is 125 cm³/mol. The van der Waals surface area contributed by atoms with E-state index in [1.807, 2.05) is 0 Å². The third-order valence-corrected chi connectivity index (χ3v) is 5.23. The van der Waals surface area contributed by atoms with Crippen LogP contribution in [-0.4, -0.2) is 76.0 Å². The Morgan fingerprint density at radius 3 is 2.12 bits per heavy atom. The zero-order valence-corrected chi connectivity index (χ0v) is 19.6. The lowest BCUT2D eigenvalue weighted by Gasteiger charge is -2.23. The second-order valence-electron chi connectivity index (χ2n) is 8.15. The van der Waals surface area contributed by atoms with Gasteiger partial charge < -0.3 is 43.2 Å². The van der Waals surface area contributed by atoms with Crippen LogP contribution >= 0.6 is 0 Å². The number of nitrogens with zero attached hydrogens (tertiary/aromatic N) is 1. The number of nitrogens with two attached hydrogens (primary N) is 3. The zero-order chi connectivity index (χ0) is 25.5. The number of unbranched alkanes of at least 4 members (excludes halogenated alkanes) is 2. The van der Waals surface area contributed by atoms with Crippen LogP contribution in [0, 0.1) is 0 Å². The van der Waals surface area contributed by atoms with Gasteiger partial charge in [-0.05, 0) is 52.1 Å². The molecule has 0 saturated carbocycles. The van der Waals surface area contributed by atoms with Crippen LogP contribution in [0.2, 0.25) is 0 Å². The number of carbonyl (C=O) groups excluding carboxylic acids is 3. The molecule has 0 aliphatic heterocycles. The maximum absolute atomic E-state index is 12.9. The summed E-state index contributed by atoms with van der Waals surface area (Å²) in [6.07, 6.45) is 6.19. The van der Waals surface area contributed by atoms with Gasteiger partial charge in [0.05, 0.1) is 12.4 Å². The highest BCUT2D eigenvalue weighted by molar-refractivity contribution is 5.94. The molecule has 11 N–H and O–H groups in total. The van der Waals surface area contributed by atoms with Gasteiger partial charge in [-0.25, -0.2) is 9.78 Å². The van der Waals surface area contributed by atoms with E-state index in [0.717, 1.165) is 6.42 Å². The molecule has 4 atom stereocenters. The summed E-state index contributed by atoms with van der Waals surface area (Å²) in [7, 11) is 0. The van der Waals surface area contributed by atoms with Crippen LogP contribution < -0.4 is 33.2 Å². The summed E-state index contributed by atoms with van der Waals surface area (Å²) in [4.78, 5) is 56.2. The van der Waals surface area contributed by atoms with E-state index in [0.29, 0.717) is 44.5 Å². The highest BCUT2D eigenvalue weighted by Crippen LogP contribution is 2.05. The second-order valence-corrected chi connectivity index (χ2v) is 8.15. The highest BCUT2D eigenvalue weighted by Gasteiger charge is 2.29. The number of aliphatic carboxylic acids is 1. The van der Waals surface area contributed by atoms with Gasteiger partial charge in [0.25, 0.3) is 0 Å². The van der Waals surface area contributed by atoms with Crippen molar-refractivity contribution in [1.29, 1.82) is 0 Å². The third kappa shape index (κ3) is 10.7. The summed E-state index contributed by atoms with van der Waals surface area (Å²) in [6, 6.07) is -3.97. The van der Waals surface area contributed by atoms with Crippen LogP contribution in [0.4, 0.5) is 0 Å². The molecule has 3 amide bonds. The van der Waals surface area contributed by atoms with Gasteiger partial charge in [0.2, 0.25) is 17.7 Å². The SMILES string of the molecule is CC(NC(=O)C(N)CCCCN)C(=O)NC(Cc1cnc[nH]1)C(=O)NC(CCCCN)C(=O)O. The van der Waals surface area contributed by atoms with Gasteiger partial charge >= 0.3 is 5.97 Å². The molecule has 0 spiro atoms. The fourth-order valence-corrected chi connectivity index (χ4v) is 3.17. The highest BCUT2D eigenvalue weighted by atomic mass is 16.4. The first kappa shape index (κ1) is 29.0. The van der Waals surface area contributed by atoms with Crippen molar-refractivity contribution in [2.75, 3.05) is 13.1 Å². The summed E-state index contributed by atoms with van der Waals surface area (Å²) >= 11 is 0. The molecule has 13 nitrogen and oxygen atoms in total. The first-order chi connectivity index (χ1) is 16.2. The monoisotopic (exact) mass is 482 g/mol. The second kappa shape index (κ2) is 15.7. The van der Waals surface area contributed by atoms with Crippen molar-refractivity contribution < 1.29 is 24.3 Å². The van der Waals surface area contributed by atoms with Crippen LogP contribution in [0.1, 0.15) is 51.1 Å². The van der Waals surface area contributed by atoms with Gasteiger partial charge in [-0.3, -0.25) is 14.4 Å². The van der Waals surface area contributed by atoms with Gasteiger partial charge in [-0.1, -0.05) is 6.42 Å². The number of amides is 3. The van der Waals surface area contributed by atoms with Gasteiger partial charge in [-0.2, -0.15) is 0 Å². The van der Waals surface area contributed by atoms with Gasteiger partial charge in [0.15, 0.2) is 0 Å². The van der Waals surface area contributed by atoms with E-state index in [-0.39, 0.29) is 12.8 Å². The predicted octanol–water partition coefficient (Wildman–Crippen LogP) is -1.90. The summed E-state index contributed by atoms with van der Waals surface area (Å²) in [5, 5.41) is 17.0. The van der Waals surface area contributed by atoms with Crippen molar-refractivity contribution in [3.8, 4) is 0 Å². The number of nitrogens with one attached hydrogen (secondary N) is 4. The standard InChI is InChI=1S/C21H38N8O5/c1-13(27-19(31)15(24)6-2-4-8-22)18(30)29-17(10-14-11-25-12-26-14)20(32)28-16(21(33)34)7-3-5-9-23/h11-13,15-17H,2-10,22-24H2,1H3,(H,25,26)(H,27,31)(H,28,32)(H,29,30)(H,33,34). The average Bonchev–Trinajstić information content (AvgIpc) is 3.30. The molecule has 192 valence electrons. The van der Waals surface area contributed by atoms with Crippen LogP contribution in [-0.2, 0) is 25.6 Å². The summed E-state index contributed by atoms with van der Waals surface area (Å²) in [5.74, 6) is -2.95. The number of carboxylic acids is 1. The lowest BCUT2D eigenvalue weighted by atomic mass is 10.1. The fourth-order valence-electron chi connectivity index (χ4n) is 3.17. The molecule has 1 aromatic heterocycles. The molecule has 0 saturated heterocycles. The largest absolute Gasteiger partial charge is 0.480 e. The van der Waals surface area contributed by atoms with E-state index in [4.69, 9.17) is 17.2 Å². The number of imidazole rings is 1. The number of carboxylic acid groups (broad SMARTS) is 1. The fraction of sp³-hybridized carbons (Fsp3) is 0.667. The number of H-pyrrole nitrogens is 1. The molecular weight excluding hydrogens is 444 g/mol. The third-order valence-electron chi connectivity index (χ3n) is 5.23. The Labute approximate surface area is 199 Å². The van der Waals surface area contributed by atoms with E-state index >= 15 is 0 Å². The van der Waals surface area contributed by atoms with Crippen molar-refractivity contribution >= 4 is 23.7 Å². The zero-order valence-electron chi connectivity index (χ0n) is 19.6. The quantitative estimate of drug-likeness (QED) is 0.116. The normalized spacial score (nSPS) is 14.5. The minimum atomic E-state index is -1.18. The van der Waals surface area contributed by atoms with Crippen LogP contribution in [0.15, 0.2) is 12.5 Å². The molecule has 1 aromatic rings. The molecule has 1 rings (SSSR count). The molecule has 34 heavy (non-hydrogen) atoms. The van der Waals surface area contributed by atoms with E-state index < -0.39 is 47.9 Å².